The van der Waals surface area contributed by atoms with E-state index in [1.807, 2.05) is 30.3 Å². The third kappa shape index (κ3) is 3.80. The Morgan fingerprint density at radius 1 is 1.00 bits per heavy atom. The van der Waals surface area contributed by atoms with Crippen molar-refractivity contribution in [2.24, 2.45) is 0 Å². The number of hydrogen-bond donors (Lipinski definition) is 1. The first-order valence-corrected chi connectivity index (χ1v) is 8.23. The number of rotatable bonds is 7. The van der Waals surface area contributed by atoms with E-state index >= 15 is 0 Å². The van der Waals surface area contributed by atoms with Gasteiger partial charge in [0.25, 0.3) is 4.84 Å². The van der Waals surface area contributed by atoms with Gasteiger partial charge in [-0.05, 0) is 54.7 Å². The van der Waals surface area contributed by atoms with E-state index in [1.165, 1.54) is 0 Å². The van der Waals surface area contributed by atoms with Crippen LogP contribution in [0.25, 0.3) is 11.5 Å². The first-order valence-electron chi connectivity index (χ1n) is 7.83. The number of nitrogens with one attached hydrogen (secondary N) is 1. The summed E-state index contributed by atoms with van der Waals surface area (Å²) in [5.74, 6) is 2.43. The summed E-state index contributed by atoms with van der Waals surface area (Å²) in [6.45, 7) is 0.377. The van der Waals surface area contributed by atoms with Crippen LogP contribution in [0.5, 0.6) is 17.2 Å². The predicted molar refractivity (Wildman–Crippen MR) is 100 cm³/mol. The van der Waals surface area contributed by atoms with Gasteiger partial charge in [0.15, 0.2) is 11.5 Å². The quantitative estimate of drug-likeness (QED) is 0.628. The van der Waals surface area contributed by atoms with Gasteiger partial charge in [0, 0.05) is 11.3 Å². The van der Waals surface area contributed by atoms with E-state index < -0.39 is 0 Å². The number of nitrogens with zero attached hydrogens (tertiary/aromatic N) is 2. The average molecular weight is 373 g/mol. The second-order valence-corrected chi connectivity index (χ2v) is 5.66. The van der Waals surface area contributed by atoms with E-state index in [9.17, 15) is 0 Å². The Labute approximate surface area is 156 Å². The van der Waals surface area contributed by atoms with E-state index in [1.54, 1.807) is 38.1 Å². The van der Waals surface area contributed by atoms with Gasteiger partial charge in [0.1, 0.15) is 12.4 Å². The fraction of sp³-hybridized carbons (Fsp3) is 0.222. The van der Waals surface area contributed by atoms with Crippen molar-refractivity contribution in [3.63, 3.8) is 0 Å². The fourth-order valence-electron chi connectivity index (χ4n) is 2.37. The Hall–Kier alpha value is -3.00. The van der Waals surface area contributed by atoms with Gasteiger partial charge in [0.05, 0.1) is 21.3 Å². The van der Waals surface area contributed by atoms with E-state index in [4.69, 9.17) is 30.8 Å². The number of methoxy groups -OCH3 is 3. The lowest BCUT2D eigenvalue weighted by atomic mass is 10.2. The average Bonchev–Trinajstić information content (AvgIpc) is 3.06. The Bertz CT molecular complexity index is 934. The number of ether oxygens (including phenoxy) is 3. The highest BCUT2D eigenvalue weighted by Crippen LogP contribution is 2.31. The van der Waals surface area contributed by atoms with Gasteiger partial charge in [-0.1, -0.05) is 0 Å². The Morgan fingerprint density at radius 3 is 2.38 bits per heavy atom. The second-order valence-electron chi connectivity index (χ2n) is 5.31. The Kier molecular flexibility index (Phi) is 5.43. The van der Waals surface area contributed by atoms with Gasteiger partial charge in [-0.25, -0.2) is 4.68 Å². The molecule has 7 nitrogen and oxygen atoms in total. The molecule has 0 fully saturated rings. The monoisotopic (exact) mass is 373 g/mol. The fourth-order valence-corrected chi connectivity index (χ4v) is 2.55. The van der Waals surface area contributed by atoms with Crippen LogP contribution in [-0.4, -0.2) is 31.1 Å². The molecule has 0 aliphatic rings. The maximum absolute atomic E-state index is 5.61. The summed E-state index contributed by atoms with van der Waals surface area (Å²) in [5.41, 5.74) is 1.67. The molecule has 3 aromatic rings. The molecular weight excluding hydrogens is 354 g/mol. The zero-order valence-electron chi connectivity index (χ0n) is 14.7. The van der Waals surface area contributed by atoms with Crippen LogP contribution in [-0.2, 0) is 6.67 Å². The van der Waals surface area contributed by atoms with Crippen molar-refractivity contribution in [3.8, 4) is 28.7 Å². The molecule has 1 N–H and O–H groups in total. The van der Waals surface area contributed by atoms with Crippen molar-refractivity contribution in [3.05, 3.63) is 47.3 Å². The summed E-state index contributed by atoms with van der Waals surface area (Å²) in [4.78, 5) is 0.274. The minimum Gasteiger partial charge on any atom is -0.497 e. The van der Waals surface area contributed by atoms with Gasteiger partial charge < -0.3 is 23.9 Å². The third-order valence-electron chi connectivity index (χ3n) is 3.76. The van der Waals surface area contributed by atoms with Gasteiger partial charge in [-0.3, -0.25) is 0 Å². The largest absolute Gasteiger partial charge is 0.497 e. The van der Waals surface area contributed by atoms with Gasteiger partial charge in [-0.15, -0.1) is 5.10 Å². The van der Waals surface area contributed by atoms with Crippen molar-refractivity contribution in [1.82, 2.24) is 9.78 Å². The van der Waals surface area contributed by atoms with Gasteiger partial charge >= 0.3 is 0 Å². The molecule has 3 rings (SSSR count). The molecule has 0 unspecified atom stereocenters. The molecule has 1 heterocycles. The molecule has 0 aliphatic heterocycles. The molecule has 136 valence electrons. The van der Waals surface area contributed by atoms with Crippen LogP contribution in [0, 0.1) is 4.84 Å². The van der Waals surface area contributed by atoms with Crippen molar-refractivity contribution < 1.29 is 18.6 Å². The molecule has 2 aromatic carbocycles. The van der Waals surface area contributed by atoms with Crippen molar-refractivity contribution >= 4 is 17.9 Å². The normalized spacial score (nSPS) is 10.4. The standard InChI is InChI=1S/C18H19N3O4S/c1-22-14-7-5-13(6-8-14)19-11-21-18(26)25-17(20-21)12-4-9-15(23-2)16(10-12)24-3/h4-10,19H,11H2,1-3H3. The van der Waals surface area contributed by atoms with Gasteiger partial charge in [-0.2, -0.15) is 0 Å². The van der Waals surface area contributed by atoms with Crippen LogP contribution in [0.4, 0.5) is 5.69 Å². The molecule has 1 aromatic heterocycles. The zero-order chi connectivity index (χ0) is 18.5. The van der Waals surface area contributed by atoms with E-state index in [0.29, 0.717) is 24.1 Å². The van der Waals surface area contributed by atoms with E-state index in [0.717, 1.165) is 17.0 Å². The van der Waals surface area contributed by atoms with Crippen molar-refractivity contribution in [2.45, 2.75) is 6.67 Å². The third-order valence-corrected chi connectivity index (χ3v) is 4.05. The first kappa shape index (κ1) is 17.8. The number of hydrogen-bond acceptors (Lipinski definition) is 7. The maximum Gasteiger partial charge on any atom is 0.289 e. The Morgan fingerprint density at radius 2 is 1.73 bits per heavy atom. The highest BCUT2D eigenvalue weighted by Gasteiger charge is 2.12. The van der Waals surface area contributed by atoms with Crippen LogP contribution in [0.15, 0.2) is 46.9 Å². The van der Waals surface area contributed by atoms with Crippen LogP contribution in [0.3, 0.4) is 0 Å². The molecule has 0 bridgehead atoms. The minimum absolute atomic E-state index is 0.274. The molecule has 26 heavy (non-hydrogen) atoms. The molecule has 0 radical (unpaired) electrons. The van der Waals surface area contributed by atoms with Crippen LogP contribution >= 0.6 is 12.2 Å². The molecule has 0 saturated heterocycles. The highest BCUT2D eigenvalue weighted by atomic mass is 32.1. The number of anilines is 1. The van der Waals surface area contributed by atoms with Crippen molar-refractivity contribution in [1.29, 1.82) is 0 Å². The molecule has 0 saturated carbocycles. The van der Waals surface area contributed by atoms with Crippen LogP contribution in [0.2, 0.25) is 0 Å². The topological polar surface area (TPSA) is 70.7 Å². The first-order chi connectivity index (χ1) is 12.6. The summed E-state index contributed by atoms with van der Waals surface area (Å²) in [5, 5.41) is 7.65. The smallest absolute Gasteiger partial charge is 0.289 e. The summed E-state index contributed by atoms with van der Waals surface area (Å²) in [7, 11) is 4.80. The number of aromatic nitrogens is 2. The van der Waals surface area contributed by atoms with E-state index in [-0.39, 0.29) is 4.84 Å². The Balaban J connectivity index is 1.77. The highest BCUT2D eigenvalue weighted by molar-refractivity contribution is 7.71. The molecule has 0 amide bonds. The van der Waals surface area contributed by atoms with Crippen LogP contribution in [0.1, 0.15) is 0 Å². The lowest BCUT2D eigenvalue weighted by molar-refractivity contribution is 0.355. The van der Waals surface area contributed by atoms with E-state index in [2.05, 4.69) is 10.4 Å². The molecular formula is C18H19N3O4S. The molecule has 0 atom stereocenters. The summed E-state index contributed by atoms with van der Waals surface area (Å²) < 4.78 is 22.9. The molecule has 0 aliphatic carbocycles. The van der Waals surface area contributed by atoms with Crippen molar-refractivity contribution in [2.75, 3.05) is 26.6 Å². The minimum atomic E-state index is 0.274. The number of benzene rings is 2. The van der Waals surface area contributed by atoms with Crippen LogP contribution < -0.4 is 19.5 Å². The zero-order valence-corrected chi connectivity index (χ0v) is 15.5. The predicted octanol–water partition coefficient (Wildman–Crippen LogP) is 3.97. The lowest BCUT2D eigenvalue weighted by Gasteiger charge is -2.07. The second kappa shape index (κ2) is 7.92. The summed E-state index contributed by atoms with van der Waals surface area (Å²) in [6, 6.07) is 13.0. The van der Waals surface area contributed by atoms with Gasteiger partial charge in [0.2, 0.25) is 5.89 Å². The maximum atomic E-state index is 5.61. The summed E-state index contributed by atoms with van der Waals surface area (Å²) >= 11 is 5.26. The summed E-state index contributed by atoms with van der Waals surface area (Å²) in [6.07, 6.45) is 0. The lowest BCUT2D eigenvalue weighted by Crippen LogP contribution is -2.09. The SMILES string of the molecule is COc1ccc(NCn2nc(-c3ccc(OC)c(OC)c3)oc2=S)cc1. The molecule has 0 spiro atoms. The molecule has 8 heteroatoms.